The average Bonchev–Trinajstić information content (AvgIpc) is 2.87. The van der Waals surface area contributed by atoms with Gasteiger partial charge in [0.25, 0.3) is 5.69 Å². The van der Waals surface area contributed by atoms with Crippen molar-refractivity contribution in [1.82, 2.24) is 4.90 Å². The quantitative estimate of drug-likeness (QED) is 0.627. The maximum Gasteiger partial charge on any atom is 0.269 e. The van der Waals surface area contributed by atoms with Crippen LogP contribution < -0.4 is 0 Å². The zero-order chi connectivity index (χ0) is 14.7. The number of nitro benzene ring substituents is 1. The molecule has 1 aliphatic rings. The average molecular weight is 280 g/mol. The van der Waals surface area contributed by atoms with E-state index in [4.69, 9.17) is 0 Å². The highest BCUT2D eigenvalue weighted by Crippen LogP contribution is 2.24. The van der Waals surface area contributed by atoms with Crippen molar-refractivity contribution in [3.8, 4) is 0 Å². The van der Waals surface area contributed by atoms with Gasteiger partial charge in [-0.05, 0) is 31.4 Å². The van der Waals surface area contributed by atoms with Crippen LogP contribution in [-0.2, 0) is 0 Å². The number of likely N-dealkylation sites (tertiary alicyclic amines) is 1. The highest BCUT2D eigenvalue weighted by Gasteiger charge is 2.27. The van der Waals surface area contributed by atoms with E-state index in [0.29, 0.717) is 12.1 Å². The minimum atomic E-state index is -0.748. The second-order valence-electron chi connectivity index (χ2n) is 5.42. The molecule has 6 nitrogen and oxygen atoms in total. The summed E-state index contributed by atoms with van der Waals surface area (Å²) in [6, 6.07) is 6.10. The van der Waals surface area contributed by atoms with Gasteiger partial charge in [-0.15, -0.1) is 0 Å². The Bertz CT molecular complexity index is 478. The number of rotatable bonds is 5. The molecule has 110 valence electrons. The fourth-order valence-corrected chi connectivity index (χ4v) is 2.62. The topological polar surface area (TPSA) is 86.8 Å². The van der Waals surface area contributed by atoms with Gasteiger partial charge in [0.05, 0.1) is 17.1 Å². The summed E-state index contributed by atoms with van der Waals surface area (Å²) in [7, 11) is 0. The molecule has 20 heavy (non-hydrogen) atoms. The summed E-state index contributed by atoms with van der Waals surface area (Å²) in [5, 5.41) is 30.5. The molecular formula is C14H20N2O4. The highest BCUT2D eigenvalue weighted by molar-refractivity contribution is 5.35. The summed E-state index contributed by atoms with van der Waals surface area (Å²) < 4.78 is 0. The van der Waals surface area contributed by atoms with Crippen molar-refractivity contribution in [1.29, 1.82) is 0 Å². The highest BCUT2D eigenvalue weighted by atomic mass is 16.6. The minimum Gasteiger partial charge on any atom is -0.393 e. The van der Waals surface area contributed by atoms with Gasteiger partial charge >= 0.3 is 0 Å². The van der Waals surface area contributed by atoms with Gasteiger partial charge in [-0.1, -0.05) is 12.1 Å². The van der Waals surface area contributed by atoms with Crippen LogP contribution in [0.3, 0.4) is 0 Å². The first-order valence-corrected chi connectivity index (χ1v) is 6.80. The molecule has 0 amide bonds. The SMILES string of the molecule is CC(O)C1CCN(CC(O)c2cccc([N+](=O)[O-])c2)C1. The summed E-state index contributed by atoms with van der Waals surface area (Å²) in [4.78, 5) is 12.3. The third-order valence-corrected chi connectivity index (χ3v) is 3.89. The number of hydrogen-bond acceptors (Lipinski definition) is 5. The van der Waals surface area contributed by atoms with E-state index in [0.717, 1.165) is 19.5 Å². The normalized spacial score (nSPS) is 22.6. The van der Waals surface area contributed by atoms with Gasteiger partial charge in [0.2, 0.25) is 0 Å². The van der Waals surface area contributed by atoms with E-state index >= 15 is 0 Å². The lowest BCUT2D eigenvalue weighted by Crippen LogP contribution is -2.28. The van der Waals surface area contributed by atoms with Crippen LogP contribution in [0, 0.1) is 16.0 Å². The van der Waals surface area contributed by atoms with Crippen LogP contribution >= 0.6 is 0 Å². The van der Waals surface area contributed by atoms with Gasteiger partial charge in [-0.25, -0.2) is 0 Å². The molecule has 1 fully saturated rings. The Morgan fingerprint density at radius 1 is 1.50 bits per heavy atom. The number of benzene rings is 1. The summed E-state index contributed by atoms with van der Waals surface area (Å²) in [5.41, 5.74) is 0.546. The van der Waals surface area contributed by atoms with E-state index in [1.807, 2.05) is 0 Å². The number of aliphatic hydroxyl groups excluding tert-OH is 2. The molecule has 1 aromatic carbocycles. The van der Waals surface area contributed by atoms with Crippen LogP contribution in [0.5, 0.6) is 0 Å². The lowest BCUT2D eigenvalue weighted by atomic mass is 10.0. The zero-order valence-corrected chi connectivity index (χ0v) is 11.5. The Morgan fingerprint density at radius 2 is 2.25 bits per heavy atom. The van der Waals surface area contributed by atoms with E-state index in [-0.39, 0.29) is 17.7 Å². The van der Waals surface area contributed by atoms with Crippen molar-refractivity contribution < 1.29 is 15.1 Å². The van der Waals surface area contributed by atoms with Crippen LogP contribution in [0.25, 0.3) is 0 Å². The second-order valence-corrected chi connectivity index (χ2v) is 5.42. The largest absolute Gasteiger partial charge is 0.393 e. The van der Waals surface area contributed by atoms with Crippen LogP contribution in [-0.4, -0.2) is 45.8 Å². The number of β-amino-alcohol motifs (C(OH)–C–C–N with tert-alkyl or cyclic N) is 1. The summed E-state index contributed by atoms with van der Waals surface area (Å²) in [6.07, 6.45) is -0.170. The number of hydrogen-bond donors (Lipinski definition) is 2. The van der Waals surface area contributed by atoms with Crippen molar-refractivity contribution in [2.75, 3.05) is 19.6 Å². The first kappa shape index (κ1) is 14.9. The van der Waals surface area contributed by atoms with Gasteiger partial charge in [0.1, 0.15) is 0 Å². The van der Waals surface area contributed by atoms with E-state index in [1.165, 1.54) is 12.1 Å². The Labute approximate surface area is 117 Å². The molecule has 0 bridgehead atoms. The third kappa shape index (κ3) is 3.53. The van der Waals surface area contributed by atoms with E-state index in [2.05, 4.69) is 4.90 Å². The lowest BCUT2D eigenvalue weighted by Gasteiger charge is -2.21. The Balaban J connectivity index is 1.97. The van der Waals surface area contributed by atoms with Gasteiger partial charge < -0.3 is 15.1 Å². The van der Waals surface area contributed by atoms with Crippen LogP contribution in [0.4, 0.5) is 5.69 Å². The summed E-state index contributed by atoms with van der Waals surface area (Å²) in [6.45, 7) is 3.81. The Morgan fingerprint density at radius 3 is 2.85 bits per heavy atom. The molecule has 0 spiro atoms. The fraction of sp³-hybridized carbons (Fsp3) is 0.571. The van der Waals surface area contributed by atoms with E-state index < -0.39 is 11.0 Å². The van der Waals surface area contributed by atoms with Crippen LogP contribution in [0.15, 0.2) is 24.3 Å². The summed E-state index contributed by atoms with van der Waals surface area (Å²) in [5.74, 6) is 0.243. The first-order valence-electron chi connectivity index (χ1n) is 6.80. The molecule has 3 unspecified atom stereocenters. The molecule has 0 radical (unpaired) electrons. The van der Waals surface area contributed by atoms with Crippen molar-refractivity contribution in [2.45, 2.75) is 25.6 Å². The molecule has 2 N–H and O–H groups in total. The van der Waals surface area contributed by atoms with Crippen molar-refractivity contribution in [3.63, 3.8) is 0 Å². The lowest BCUT2D eigenvalue weighted by molar-refractivity contribution is -0.385. The van der Waals surface area contributed by atoms with Crippen molar-refractivity contribution in [2.24, 2.45) is 5.92 Å². The Kier molecular flexibility index (Phi) is 4.69. The van der Waals surface area contributed by atoms with Crippen molar-refractivity contribution >= 4 is 5.69 Å². The number of nitro groups is 1. The molecule has 1 aromatic rings. The molecule has 2 rings (SSSR count). The van der Waals surface area contributed by atoms with Crippen LogP contribution in [0.2, 0.25) is 0 Å². The molecule has 1 aliphatic heterocycles. The first-order chi connectivity index (χ1) is 9.47. The Hall–Kier alpha value is -1.50. The second kappa shape index (κ2) is 6.30. The monoisotopic (exact) mass is 280 g/mol. The van der Waals surface area contributed by atoms with E-state index in [9.17, 15) is 20.3 Å². The smallest absolute Gasteiger partial charge is 0.269 e. The molecule has 0 aromatic heterocycles. The van der Waals surface area contributed by atoms with Gasteiger partial charge in [0.15, 0.2) is 0 Å². The molecule has 1 saturated heterocycles. The molecule has 1 heterocycles. The van der Waals surface area contributed by atoms with E-state index in [1.54, 1.807) is 19.1 Å². The maximum atomic E-state index is 10.7. The summed E-state index contributed by atoms with van der Waals surface area (Å²) >= 11 is 0. The molecule has 6 heteroatoms. The fourth-order valence-electron chi connectivity index (χ4n) is 2.62. The predicted octanol–water partition coefficient (Wildman–Crippen LogP) is 1.33. The maximum absolute atomic E-state index is 10.7. The standard InChI is InChI=1S/C14H20N2O4/c1-10(17)12-5-6-15(8-12)9-14(18)11-3-2-4-13(7-11)16(19)20/h2-4,7,10,12,14,17-18H,5-6,8-9H2,1H3. The van der Waals surface area contributed by atoms with Gasteiger partial charge in [0, 0.05) is 25.2 Å². The van der Waals surface area contributed by atoms with Gasteiger partial charge in [-0.2, -0.15) is 0 Å². The third-order valence-electron chi connectivity index (χ3n) is 3.89. The van der Waals surface area contributed by atoms with Gasteiger partial charge in [-0.3, -0.25) is 10.1 Å². The minimum absolute atomic E-state index is 0.00942. The molecule has 0 saturated carbocycles. The molecule has 3 atom stereocenters. The number of aliphatic hydroxyl groups is 2. The molecular weight excluding hydrogens is 260 g/mol. The number of non-ortho nitro benzene ring substituents is 1. The zero-order valence-electron chi connectivity index (χ0n) is 11.5. The predicted molar refractivity (Wildman–Crippen MR) is 74.3 cm³/mol. The molecule has 0 aliphatic carbocycles. The number of nitrogens with zero attached hydrogens (tertiary/aromatic N) is 2. The van der Waals surface area contributed by atoms with Crippen molar-refractivity contribution in [3.05, 3.63) is 39.9 Å². The van der Waals surface area contributed by atoms with Crippen LogP contribution in [0.1, 0.15) is 25.0 Å².